The van der Waals surface area contributed by atoms with Gasteiger partial charge in [0.1, 0.15) is 11.9 Å². The number of ether oxygens (including phenoxy) is 1. The van der Waals surface area contributed by atoms with Crippen LogP contribution in [0.1, 0.15) is 36.7 Å². The van der Waals surface area contributed by atoms with Gasteiger partial charge in [-0.2, -0.15) is 4.98 Å². The Kier molecular flexibility index (Phi) is 2.52. The fourth-order valence-corrected chi connectivity index (χ4v) is 2.11. The van der Waals surface area contributed by atoms with Crippen LogP contribution in [0.4, 0.5) is 0 Å². The molecule has 4 heteroatoms. The normalized spacial score (nSPS) is 24.7. The highest BCUT2D eigenvalue weighted by Crippen LogP contribution is 2.39. The predicted molar refractivity (Wildman–Crippen MR) is 60.6 cm³/mol. The zero-order valence-electron chi connectivity index (χ0n) is 9.57. The van der Waals surface area contributed by atoms with Gasteiger partial charge in [-0.25, -0.2) is 4.98 Å². The van der Waals surface area contributed by atoms with Crippen LogP contribution >= 0.6 is 0 Å². The summed E-state index contributed by atoms with van der Waals surface area (Å²) in [4.78, 5) is 8.81. The molecule has 3 rings (SSSR count). The number of nitrogens with one attached hydrogen (secondary N) is 1. The molecular formula is C12H17N3O. The Hall–Kier alpha value is -1.16. The zero-order chi connectivity index (χ0) is 11.0. The van der Waals surface area contributed by atoms with E-state index in [4.69, 9.17) is 4.74 Å². The summed E-state index contributed by atoms with van der Waals surface area (Å²) >= 11 is 0. The van der Waals surface area contributed by atoms with Crippen molar-refractivity contribution in [2.24, 2.45) is 0 Å². The maximum atomic E-state index is 5.86. The maximum absolute atomic E-state index is 5.86. The van der Waals surface area contributed by atoms with Crippen molar-refractivity contribution in [2.45, 2.75) is 38.2 Å². The Morgan fingerprint density at radius 2 is 2.19 bits per heavy atom. The Bertz CT molecular complexity index is 384. The number of hydrogen-bond acceptors (Lipinski definition) is 4. The lowest BCUT2D eigenvalue weighted by Gasteiger charge is -2.12. The van der Waals surface area contributed by atoms with Crippen LogP contribution in [0.25, 0.3) is 0 Å². The number of rotatable bonds is 3. The Labute approximate surface area is 95.4 Å². The van der Waals surface area contributed by atoms with Gasteiger partial charge in [0.25, 0.3) is 0 Å². The number of nitrogens with zero attached hydrogens (tertiary/aromatic N) is 2. The van der Waals surface area contributed by atoms with E-state index in [1.165, 1.54) is 12.8 Å². The fourth-order valence-electron chi connectivity index (χ4n) is 2.11. The molecule has 1 aromatic heterocycles. The Morgan fingerprint density at radius 1 is 1.31 bits per heavy atom. The van der Waals surface area contributed by atoms with Crippen molar-refractivity contribution in [3.05, 3.63) is 17.6 Å². The van der Waals surface area contributed by atoms with Crippen molar-refractivity contribution in [3.63, 3.8) is 0 Å². The number of hydrogen-bond donors (Lipinski definition) is 1. The molecular weight excluding hydrogens is 202 g/mol. The SMILES string of the molecule is Cc1nc(OC2CCNC2)cc(C2CC2)n1. The van der Waals surface area contributed by atoms with Crippen LogP contribution in [0.2, 0.25) is 0 Å². The summed E-state index contributed by atoms with van der Waals surface area (Å²) in [6.07, 6.45) is 3.88. The van der Waals surface area contributed by atoms with Gasteiger partial charge in [-0.05, 0) is 32.7 Å². The second kappa shape index (κ2) is 4.01. The van der Waals surface area contributed by atoms with Crippen molar-refractivity contribution in [3.8, 4) is 5.88 Å². The Balaban J connectivity index is 1.76. The molecule has 1 saturated carbocycles. The van der Waals surface area contributed by atoms with Crippen LogP contribution in [-0.2, 0) is 0 Å². The van der Waals surface area contributed by atoms with E-state index >= 15 is 0 Å². The van der Waals surface area contributed by atoms with Gasteiger partial charge in [0.15, 0.2) is 0 Å². The lowest BCUT2D eigenvalue weighted by molar-refractivity contribution is 0.213. The molecule has 1 saturated heterocycles. The van der Waals surface area contributed by atoms with Crippen molar-refractivity contribution >= 4 is 0 Å². The van der Waals surface area contributed by atoms with E-state index < -0.39 is 0 Å². The monoisotopic (exact) mass is 219 g/mol. The van der Waals surface area contributed by atoms with E-state index in [-0.39, 0.29) is 6.10 Å². The maximum Gasteiger partial charge on any atom is 0.217 e. The van der Waals surface area contributed by atoms with E-state index in [0.717, 1.165) is 36.9 Å². The fraction of sp³-hybridized carbons (Fsp3) is 0.667. The van der Waals surface area contributed by atoms with Crippen LogP contribution < -0.4 is 10.1 Å². The topological polar surface area (TPSA) is 47.0 Å². The molecule has 1 aliphatic carbocycles. The summed E-state index contributed by atoms with van der Waals surface area (Å²) in [5.41, 5.74) is 1.16. The van der Waals surface area contributed by atoms with Crippen LogP contribution in [0.3, 0.4) is 0 Å². The first-order chi connectivity index (χ1) is 7.81. The minimum absolute atomic E-state index is 0.279. The molecule has 0 bridgehead atoms. The molecule has 0 radical (unpaired) electrons. The molecule has 1 aliphatic heterocycles. The molecule has 4 nitrogen and oxygen atoms in total. The first-order valence-electron chi connectivity index (χ1n) is 6.04. The van der Waals surface area contributed by atoms with E-state index in [2.05, 4.69) is 15.3 Å². The van der Waals surface area contributed by atoms with Crippen LogP contribution in [-0.4, -0.2) is 29.2 Å². The van der Waals surface area contributed by atoms with Gasteiger partial charge in [0.2, 0.25) is 5.88 Å². The first-order valence-corrected chi connectivity index (χ1v) is 6.04. The summed E-state index contributed by atoms with van der Waals surface area (Å²) in [5, 5.41) is 3.29. The molecule has 0 aromatic carbocycles. The van der Waals surface area contributed by atoms with E-state index in [9.17, 15) is 0 Å². The summed E-state index contributed by atoms with van der Waals surface area (Å²) in [6, 6.07) is 2.02. The first kappa shape index (κ1) is 10.0. The van der Waals surface area contributed by atoms with Gasteiger partial charge >= 0.3 is 0 Å². The van der Waals surface area contributed by atoms with E-state index in [1.54, 1.807) is 0 Å². The molecule has 1 N–H and O–H groups in total. The average molecular weight is 219 g/mol. The summed E-state index contributed by atoms with van der Waals surface area (Å²) < 4.78 is 5.86. The minimum atomic E-state index is 0.279. The van der Waals surface area contributed by atoms with E-state index in [0.29, 0.717) is 5.92 Å². The third-order valence-electron chi connectivity index (χ3n) is 3.13. The molecule has 2 aliphatic rings. The number of aryl methyl sites for hydroxylation is 1. The van der Waals surface area contributed by atoms with Crippen molar-refractivity contribution in [2.75, 3.05) is 13.1 Å². The standard InChI is InChI=1S/C12H17N3O/c1-8-14-11(9-2-3-9)6-12(15-8)16-10-4-5-13-7-10/h6,9-10,13H,2-5,7H2,1H3. The molecule has 0 amide bonds. The molecule has 2 heterocycles. The van der Waals surface area contributed by atoms with Crippen molar-refractivity contribution in [1.82, 2.24) is 15.3 Å². The highest BCUT2D eigenvalue weighted by atomic mass is 16.5. The van der Waals surface area contributed by atoms with Gasteiger partial charge in [-0.1, -0.05) is 0 Å². The highest BCUT2D eigenvalue weighted by molar-refractivity contribution is 5.22. The summed E-state index contributed by atoms with van der Waals surface area (Å²) in [6.45, 7) is 3.91. The van der Waals surface area contributed by atoms with Crippen LogP contribution in [0.5, 0.6) is 5.88 Å². The summed E-state index contributed by atoms with van der Waals surface area (Å²) in [7, 11) is 0. The predicted octanol–water partition coefficient (Wildman–Crippen LogP) is 1.40. The molecule has 1 aromatic rings. The molecule has 86 valence electrons. The smallest absolute Gasteiger partial charge is 0.217 e. The second-order valence-corrected chi connectivity index (χ2v) is 4.69. The zero-order valence-corrected chi connectivity index (χ0v) is 9.57. The third kappa shape index (κ3) is 2.16. The van der Waals surface area contributed by atoms with Crippen molar-refractivity contribution < 1.29 is 4.74 Å². The van der Waals surface area contributed by atoms with Crippen LogP contribution in [0, 0.1) is 6.92 Å². The van der Waals surface area contributed by atoms with Gasteiger partial charge in [-0.15, -0.1) is 0 Å². The molecule has 1 unspecified atom stereocenters. The largest absolute Gasteiger partial charge is 0.473 e. The van der Waals surface area contributed by atoms with E-state index in [1.807, 2.05) is 13.0 Å². The van der Waals surface area contributed by atoms with Crippen LogP contribution in [0.15, 0.2) is 6.07 Å². The molecule has 16 heavy (non-hydrogen) atoms. The lowest BCUT2D eigenvalue weighted by atomic mass is 10.2. The molecule has 2 fully saturated rings. The van der Waals surface area contributed by atoms with Gasteiger partial charge in [0, 0.05) is 18.5 Å². The van der Waals surface area contributed by atoms with Crippen molar-refractivity contribution in [1.29, 1.82) is 0 Å². The average Bonchev–Trinajstić information content (AvgIpc) is 2.98. The van der Waals surface area contributed by atoms with Gasteiger partial charge in [0.05, 0.1) is 5.69 Å². The third-order valence-corrected chi connectivity index (χ3v) is 3.13. The molecule has 0 spiro atoms. The summed E-state index contributed by atoms with van der Waals surface area (Å²) in [5.74, 6) is 2.24. The second-order valence-electron chi connectivity index (χ2n) is 4.69. The minimum Gasteiger partial charge on any atom is -0.473 e. The molecule has 1 atom stereocenters. The number of aromatic nitrogens is 2. The highest BCUT2D eigenvalue weighted by Gasteiger charge is 2.26. The quantitative estimate of drug-likeness (QED) is 0.834. The Morgan fingerprint density at radius 3 is 2.88 bits per heavy atom. The van der Waals surface area contributed by atoms with Gasteiger partial charge < -0.3 is 10.1 Å². The van der Waals surface area contributed by atoms with Gasteiger partial charge in [-0.3, -0.25) is 0 Å². The lowest BCUT2D eigenvalue weighted by Crippen LogP contribution is -2.20.